The molecule has 9 heteroatoms. The van der Waals surface area contributed by atoms with Crippen molar-refractivity contribution in [3.8, 4) is 5.88 Å². The average Bonchev–Trinajstić information content (AvgIpc) is 2.78. The number of methoxy groups -OCH3 is 1. The molecule has 2 atom stereocenters. The van der Waals surface area contributed by atoms with Gasteiger partial charge in [-0.2, -0.15) is 4.98 Å². The Morgan fingerprint density at radius 3 is 2.66 bits per heavy atom. The van der Waals surface area contributed by atoms with Crippen LogP contribution in [0.4, 0.5) is 4.39 Å². The SMILES string of the molecule is CCC(C)C(CO)n1cc(C(=O)O)c(=O)c2cc(Cc3cccc(Cl)c3F)c(OC)nc21. The second-order valence-corrected chi connectivity index (χ2v) is 8.04. The highest BCUT2D eigenvalue weighted by atomic mass is 35.5. The van der Waals surface area contributed by atoms with Crippen molar-refractivity contribution in [1.29, 1.82) is 0 Å². The molecule has 170 valence electrons. The number of rotatable bonds is 8. The number of carboxylic acid groups (broad SMARTS) is 1. The quantitative estimate of drug-likeness (QED) is 0.523. The van der Waals surface area contributed by atoms with Crippen molar-refractivity contribution in [2.45, 2.75) is 32.7 Å². The molecule has 3 aromatic rings. The number of benzene rings is 1. The first-order valence-electron chi connectivity index (χ1n) is 10.1. The van der Waals surface area contributed by atoms with Crippen molar-refractivity contribution in [3.63, 3.8) is 0 Å². The maximum Gasteiger partial charge on any atom is 0.341 e. The van der Waals surface area contributed by atoms with Crippen LogP contribution >= 0.6 is 11.6 Å². The first-order chi connectivity index (χ1) is 15.2. The first kappa shape index (κ1) is 23.7. The Labute approximate surface area is 189 Å². The second-order valence-electron chi connectivity index (χ2n) is 7.64. The fourth-order valence-corrected chi connectivity index (χ4v) is 3.90. The van der Waals surface area contributed by atoms with Crippen molar-refractivity contribution in [2.24, 2.45) is 5.92 Å². The minimum Gasteiger partial charge on any atom is -0.481 e. The van der Waals surface area contributed by atoms with E-state index in [4.69, 9.17) is 16.3 Å². The molecule has 0 aliphatic heterocycles. The van der Waals surface area contributed by atoms with E-state index in [1.165, 1.54) is 30.0 Å². The van der Waals surface area contributed by atoms with Crippen LogP contribution in [0, 0.1) is 11.7 Å². The van der Waals surface area contributed by atoms with E-state index < -0.39 is 28.8 Å². The summed E-state index contributed by atoms with van der Waals surface area (Å²) in [6.07, 6.45) is 1.96. The molecule has 32 heavy (non-hydrogen) atoms. The lowest BCUT2D eigenvalue weighted by Crippen LogP contribution is -2.27. The van der Waals surface area contributed by atoms with Gasteiger partial charge in [-0.15, -0.1) is 0 Å². The highest BCUT2D eigenvalue weighted by Gasteiger charge is 2.25. The number of hydrogen-bond acceptors (Lipinski definition) is 5. The maximum absolute atomic E-state index is 14.5. The lowest BCUT2D eigenvalue weighted by atomic mass is 9.98. The van der Waals surface area contributed by atoms with Crippen LogP contribution in [-0.2, 0) is 6.42 Å². The zero-order valence-corrected chi connectivity index (χ0v) is 18.7. The summed E-state index contributed by atoms with van der Waals surface area (Å²) >= 11 is 5.88. The van der Waals surface area contributed by atoms with Gasteiger partial charge in [-0.05, 0) is 23.6 Å². The number of aromatic carboxylic acids is 1. The fraction of sp³-hybridized carbons (Fsp3) is 0.348. The second kappa shape index (κ2) is 9.67. The van der Waals surface area contributed by atoms with E-state index in [0.29, 0.717) is 12.0 Å². The van der Waals surface area contributed by atoms with E-state index in [9.17, 15) is 24.2 Å². The number of carboxylic acids is 1. The summed E-state index contributed by atoms with van der Waals surface area (Å²) in [6.45, 7) is 3.59. The maximum atomic E-state index is 14.5. The predicted molar refractivity (Wildman–Crippen MR) is 119 cm³/mol. The molecule has 0 radical (unpaired) electrons. The van der Waals surface area contributed by atoms with Gasteiger partial charge in [0.15, 0.2) is 0 Å². The van der Waals surface area contributed by atoms with Crippen LogP contribution in [0.5, 0.6) is 5.88 Å². The van der Waals surface area contributed by atoms with Gasteiger partial charge in [0.2, 0.25) is 11.3 Å². The predicted octanol–water partition coefficient (Wildman–Crippen LogP) is 4.07. The zero-order chi connectivity index (χ0) is 23.6. The number of aromatic nitrogens is 2. The number of aliphatic hydroxyl groups excluding tert-OH is 1. The van der Waals surface area contributed by atoms with E-state index in [1.54, 1.807) is 12.1 Å². The number of ether oxygens (including phenoxy) is 1. The molecular weight excluding hydrogens is 439 g/mol. The Morgan fingerprint density at radius 1 is 1.34 bits per heavy atom. The lowest BCUT2D eigenvalue weighted by molar-refractivity contribution is 0.0693. The van der Waals surface area contributed by atoms with Crippen LogP contribution in [0.15, 0.2) is 35.3 Å². The van der Waals surface area contributed by atoms with Gasteiger partial charge in [0.1, 0.15) is 17.0 Å². The highest BCUT2D eigenvalue weighted by molar-refractivity contribution is 6.30. The Bertz CT molecular complexity index is 1230. The van der Waals surface area contributed by atoms with Gasteiger partial charge in [0.25, 0.3) is 0 Å². The zero-order valence-electron chi connectivity index (χ0n) is 17.9. The van der Waals surface area contributed by atoms with Crippen LogP contribution in [0.3, 0.4) is 0 Å². The van der Waals surface area contributed by atoms with Crippen molar-refractivity contribution >= 4 is 28.6 Å². The number of halogens is 2. The van der Waals surface area contributed by atoms with Crippen LogP contribution < -0.4 is 10.2 Å². The van der Waals surface area contributed by atoms with E-state index in [0.717, 1.165) is 0 Å². The summed E-state index contributed by atoms with van der Waals surface area (Å²) in [7, 11) is 1.40. The summed E-state index contributed by atoms with van der Waals surface area (Å²) in [4.78, 5) is 29.2. The number of hydrogen-bond donors (Lipinski definition) is 2. The summed E-state index contributed by atoms with van der Waals surface area (Å²) in [5.41, 5.74) is -0.291. The average molecular weight is 463 g/mol. The molecule has 0 bridgehead atoms. The molecule has 0 aliphatic carbocycles. The lowest BCUT2D eigenvalue weighted by Gasteiger charge is -2.26. The molecule has 3 rings (SSSR count). The Kier molecular flexibility index (Phi) is 7.16. The molecule has 0 amide bonds. The van der Waals surface area contributed by atoms with E-state index in [2.05, 4.69) is 4.98 Å². The van der Waals surface area contributed by atoms with Gasteiger partial charge in [-0.3, -0.25) is 4.79 Å². The molecule has 0 saturated heterocycles. The van der Waals surface area contributed by atoms with Gasteiger partial charge in [0, 0.05) is 18.2 Å². The molecule has 0 aliphatic rings. The number of pyridine rings is 2. The van der Waals surface area contributed by atoms with E-state index >= 15 is 0 Å². The van der Waals surface area contributed by atoms with Crippen LogP contribution in [0.25, 0.3) is 11.0 Å². The molecule has 0 spiro atoms. The first-order valence-corrected chi connectivity index (χ1v) is 10.5. The van der Waals surface area contributed by atoms with Gasteiger partial charge >= 0.3 is 5.97 Å². The van der Waals surface area contributed by atoms with Crippen molar-refractivity contribution in [3.05, 3.63) is 68.2 Å². The molecular formula is C23H24ClFN2O5. The largest absolute Gasteiger partial charge is 0.481 e. The van der Waals surface area contributed by atoms with Gasteiger partial charge in [-0.1, -0.05) is 44.0 Å². The highest BCUT2D eigenvalue weighted by Crippen LogP contribution is 2.29. The topological polar surface area (TPSA) is 102 Å². The third-order valence-corrected chi connectivity index (χ3v) is 6.02. The standard InChI is InChI=1S/C23H24ClFN2O5/c1-4-12(2)18(11-28)27-10-16(23(30)31)20(29)15-9-14(22(32-3)26-21(15)27)8-13-6-5-7-17(24)19(13)25/h5-7,9-10,12,18,28H,4,8,11H2,1-3H3,(H,30,31). The fourth-order valence-electron chi connectivity index (χ4n) is 3.71. The molecule has 7 nitrogen and oxygen atoms in total. The van der Waals surface area contributed by atoms with Crippen molar-refractivity contribution in [1.82, 2.24) is 9.55 Å². The Morgan fingerprint density at radius 2 is 2.06 bits per heavy atom. The van der Waals surface area contributed by atoms with Crippen LogP contribution in [-0.4, -0.2) is 39.5 Å². The van der Waals surface area contributed by atoms with Crippen LogP contribution in [0.2, 0.25) is 5.02 Å². The van der Waals surface area contributed by atoms with E-state index in [1.807, 2.05) is 13.8 Å². The molecule has 1 aromatic carbocycles. The third kappa shape index (κ3) is 4.33. The summed E-state index contributed by atoms with van der Waals surface area (Å²) < 4.78 is 21.4. The van der Waals surface area contributed by atoms with Crippen molar-refractivity contribution in [2.75, 3.05) is 13.7 Å². The van der Waals surface area contributed by atoms with Gasteiger partial charge in [-0.25, -0.2) is 9.18 Å². The van der Waals surface area contributed by atoms with Gasteiger partial charge < -0.3 is 19.5 Å². The van der Waals surface area contributed by atoms with Crippen LogP contribution in [0.1, 0.15) is 47.8 Å². The molecule has 0 fully saturated rings. The molecule has 2 unspecified atom stereocenters. The smallest absolute Gasteiger partial charge is 0.341 e. The Balaban J connectivity index is 2.32. The minimum atomic E-state index is -1.38. The number of carbonyl (C=O) groups is 1. The molecule has 0 saturated carbocycles. The van der Waals surface area contributed by atoms with Crippen molar-refractivity contribution < 1.29 is 24.1 Å². The molecule has 2 aromatic heterocycles. The molecule has 2 N–H and O–H groups in total. The molecule has 2 heterocycles. The number of aliphatic hydroxyl groups is 1. The minimum absolute atomic E-state index is 0.0274. The number of nitrogens with zero attached hydrogens (tertiary/aromatic N) is 2. The summed E-state index contributed by atoms with van der Waals surface area (Å²) in [5.74, 6) is -1.84. The normalized spacial score (nSPS) is 13.2. The summed E-state index contributed by atoms with van der Waals surface area (Å²) in [5, 5.41) is 19.6. The van der Waals surface area contributed by atoms with E-state index in [-0.39, 0.29) is 46.4 Å². The summed E-state index contributed by atoms with van der Waals surface area (Å²) in [6, 6.07) is 5.56. The third-order valence-electron chi connectivity index (χ3n) is 5.73. The van der Waals surface area contributed by atoms with Gasteiger partial charge in [0.05, 0.1) is 30.2 Å². The number of fused-ring (bicyclic) bond motifs is 1. The Hall–Kier alpha value is -2.97. The monoisotopic (exact) mass is 462 g/mol.